The Morgan fingerprint density at radius 3 is 2.43 bits per heavy atom. The lowest BCUT2D eigenvalue weighted by atomic mass is 10.0. The van der Waals surface area contributed by atoms with Crippen LogP contribution in [0.25, 0.3) is 11.0 Å². The van der Waals surface area contributed by atoms with Crippen LogP contribution in [0.4, 0.5) is 0 Å². The van der Waals surface area contributed by atoms with Crippen LogP contribution >= 0.6 is 0 Å². The molecule has 1 aromatic carbocycles. The van der Waals surface area contributed by atoms with Gasteiger partial charge in [-0.2, -0.15) is 4.72 Å². The zero-order chi connectivity index (χ0) is 20.4. The highest BCUT2D eigenvalue weighted by Crippen LogP contribution is 2.34. The molecule has 0 spiro atoms. The van der Waals surface area contributed by atoms with Crippen molar-refractivity contribution < 1.29 is 27.9 Å². The number of nitrogens with two attached hydrogens (primary N) is 1. The van der Waals surface area contributed by atoms with E-state index in [4.69, 9.17) is 9.62 Å². The maximum atomic E-state index is 12.8. The van der Waals surface area contributed by atoms with Gasteiger partial charge in [0.05, 0.1) is 4.90 Å². The summed E-state index contributed by atoms with van der Waals surface area (Å²) >= 11 is 0. The van der Waals surface area contributed by atoms with E-state index in [1.807, 2.05) is 0 Å². The third-order valence-corrected chi connectivity index (χ3v) is 7.22. The van der Waals surface area contributed by atoms with E-state index in [1.165, 1.54) is 18.1 Å². The highest BCUT2D eigenvalue weighted by Gasteiger charge is 2.44. The first-order chi connectivity index (χ1) is 13.4. The number of nitrogens with one attached hydrogen (secondary N) is 1. The quantitative estimate of drug-likeness (QED) is 0.448. The van der Waals surface area contributed by atoms with Crippen LogP contribution in [0.3, 0.4) is 0 Å². The molecule has 1 fully saturated rings. The van der Waals surface area contributed by atoms with Gasteiger partial charge in [0.25, 0.3) is 0 Å². The van der Waals surface area contributed by atoms with Crippen molar-refractivity contribution in [2.75, 3.05) is 0 Å². The number of furan rings is 1. The van der Waals surface area contributed by atoms with E-state index in [-0.39, 0.29) is 4.90 Å². The number of carboxylic acid groups (broad SMARTS) is 1. The van der Waals surface area contributed by atoms with Crippen molar-refractivity contribution in [3.63, 3.8) is 0 Å². The molecule has 4 rings (SSSR count). The summed E-state index contributed by atoms with van der Waals surface area (Å²) in [6.07, 6.45) is 7.26. The minimum Gasteiger partial charge on any atom is -0.480 e. The fourth-order valence-corrected chi connectivity index (χ4v) is 5.68. The van der Waals surface area contributed by atoms with Crippen LogP contribution in [-0.2, 0) is 27.7 Å². The second-order valence-corrected chi connectivity index (χ2v) is 9.10. The van der Waals surface area contributed by atoms with Gasteiger partial charge in [-0.3, -0.25) is 4.79 Å². The Hall–Kier alpha value is -1.94. The molecule has 0 saturated heterocycles. The van der Waals surface area contributed by atoms with Gasteiger partial charge in [-0.25, -0.2) is 14.3 Å². The molecule has 1 saturated carbocycles. The minimum atomic E-state index is -3.94. The zero-order valence-electron chi connectivity index (χ0n) is 15.6. The van der Waals surface area contributed by atoms with Crippen LogP contribution in [0.15, 0.2) is 27.5 Å². The molecule has 0 bridgehead atoms. The lowest BCUT2D eigenvalue weighted by Crippen LogP contribution is -2.52. The van der Waals surface area contributed by atoms with E-state index in [9.17, 15) is 18.3 Å². The summed E-state index contributed by atoms with van der Waals surface area (Å²) in [4.78, 5) is 11.7. The fraction of sp³-hybridized carbons (Fsp3) is 0.526. The lowest BCUT2D eigenvalue weighted by molar-refractivity contribution is -0.143. The fourth-order valence-electron chi connectivity index (χ4n) is 4.24. The second-order valence-electron chi connectivity index (χ2n) is 7.42. The predicted octanol–water partition coefficient (Wildman–Crippen LogP) is 2.71. The highest BCUT2D eigenvalue weighted by atomic mass is 32.2. The Balaban J connectivity index is 0.00000109. The van der Waals surface area contributed by atoms with Crippen LogP contribution < -0.4 is 10.6 Å². The van der Waals surface area contributed by atoms with E-state index in [2.05, 4.69) is 10.6 Å². The summed E-state index contributed by atoms with van der Waals surface area (Å²) < 4.78 is 34.0. The summed E-state index contributed by atoms with van der Waals surface area (Å²) in [5, 5.41) is 17.0. The molecule has 2 aromatic rings. The molecule has 1 aromatic heterocycles. The summed E-state index contributed by atoms with van der Waals surface area (Å²) in [6, 6.07) is 4.87. The number of rotatable bonds is 4. The molecule has 9 heteroatoms. The van der Waals surface area contributed by atoms with Gasteiger partial charge in [0, 0.05) is 23.4 Å². The van der Waals surface area contributed by atoms with Gasteiger partial charge in [0.15, 0.2) is 0 Å². The first-order valence-electron chi connectivity index (χ1n) is 9.49. The largest absolute Gasteiger partial charge is 0.480 e. The molecule has 0 amide bonds. The molecule has 2 aliphatic rings. The van der Waals surface area contributed by atoms with Crippen molar-refractivity contribution in [2.45, 2.75) is 68.2 Å². The Morgan fingerprint density at radius 1 is 1.07 bits per heavy atom. The molecule has 0 radical (unpaired) electrons. The third kappa shape index (κ3) is 3.80. The number of aliphatic carboxylic acids is 1. The lowest BCUT2D eigenvalue weighted by Gasteiger charge is -2.24. The topological polar surface area (TPSA) is 143 Å². The first kappa shape index (κ1) is 20.8. The normalized spacial score (nSPS) is 18.8. The van der Waals surface area contributed by atoms with Gasteiger partial charge >= 0.3 is 5.97 Å². The molecule has 2 aliphatic carbocycles. The Bertz CT molecular complexity index is 960. The maximum Gasteiger partial charge on any atom is 0.324 e. The van der Waals surface area contributed by atoms with Gasteiger partial charge in [-0.05, 0) is 44.2 Å². The van der Waals surface area contributed by atoms with Crippen LogP contribution in [0.2, 0.25) is 0 Å². The van der Waals surface area contributed by atoms with Crippen LogP contribution in [0.1, 0.15) is 56.3 Å². The SMILES string of the molecule is NO.O=C(O)C1(NS(=O)(=O)c2ccc3c4c(oc3c2)CCCCC4)CCCC1. The molecular formula is C19H26N2O6S. The number of hydrogen-bond acceptors (Lipinski definition) is 6. The number of benzene rings is 1. The standard InChI is InChI=1S/C19H23NO5S.H3NO/c21-18(22)19(10-4-5-11-19)20-26(23,24)13-8-9-15-14-6-2-1-3-7-16(14)25-17(15)12-13;1-2/h8-9,12,20H,1-7,10-11H2,(H,21,22);2H,1H2. The minimum absolute atomic E-state index is 0.0569. The third-order valence-electron chi connectivity index (χ3n) is 5.69. The van der Waals surface area contributed by atoms with Gasteiger partial charge < -0.3 is 14.7 Å². The number of sulfonamides is 1. The highest BCUT2D eigenvalue weighted by molar-refractivity contribution is 7.89. The second kappa shape index (κ2) is 8.20. The summed E-state index contributed by atoms with van der Waals surface area (Å²) in [7, 11) is -3.94. The average Bonchev–Trinajstić information content (AvgIpc) is 3.21. The van der Waals surface area contributed by atoms with E-state index < -0.39 is 21.5 Å². The van der Waals surface area contributed by atoms with Gasteiger partial charge in [0.2, 0.25) is 10.0 Å². The van der Waals surface area contributed by atoms with E-state index in [0.29, 0.717) is 31.3 Å². The first-order valence-corrected chi connectivity index (χ1v) is 11.0. The van der Waals surface area contributed by atoms with E-state index in [1.54, 1.807) is 12.1 Å². The van der Waals surface area contributed by atoms with Crippen molar-refractivity contribution in [3.05, 3.63) is 29.5 Å². The number of aryl methyl sites for hydroxylation is 2. The van der Waals surface area contributed by atoms with Gasteiger partial charge in [0.1, 0.15) is 16.9 Å². The molecular weight excluding hydrogens is 384 g/mol. The predicted molar refractivity (Wildman–Crippen MR) is 103 cm³/mol. The van der Waals surface area contributed by atoms with Crippen molar-refractivity contribution in [2.24, 2.45) is 5.90 Å². The number of carboxylic acids is 1. The maximum absolute atomic E-state index is 12.8. The van der Waals surface area contributed by atoms with Crippen molar-refractivity contribution in [1.82, 2.24) is 4.72 Å². The van der Waals surface area contributed by atoms with Crippen LogP contribution in [0.5, 0.6) is 0 Å². The van der Waals surface area contributed by atoms with Gasteiger partial charge in [-0.1, -0.05) is 19.3 Å². The smallest absolute Gasteiger partial charge is 0.324 e. The molecule has 0 unspecified atom stereocenters. The number of hydrogen-bond donors (Lipinski definition) is 4. The van der Waals surface area contributed by atoms with Crippen molar-refractivity contribution >= 4 is 27.0 Å². The Kier molecular flexibility index (Phi) is 6.09. The zero-order valence-corrected chi connectivity index (χ0v) is 16.4. The molecule has 1 heterocycles. The van der Waals surface area contributed by atoms with Gasteiger partial charge in [-0.15, -0.1) is 0 Å². The molecule has 0 atom stereocenters. The number of fused-ring (bicyclic) bond motifs is 3. The van der Waals surface area contributed by atoms with Crippen molar-refractivity contribution in [3.8, 4) is 0 Å². The summed E-state index contributed by atoms with van der Waals surface area (Å²) in [6.45, 7) is 0. The number of carbonyl (C=O) groups is 1. The molecule has 0 aliphatic heterocycles. The molecule has 154 valence electrons. The van der Waals surface area contributed by atoms with Crippen LogP contribution in [0, 0.1) is 0 Å². The Morgan fingerprint density at radius 2 is 1.75 bits per heavy atom. The van der Waals surface area contributed by atoms with Crippen LogP contribution in [-0.4, -0.2) is 30.2 Å². The molecule has 28 heavy (non-hydrogen) atoms. The van der Waals surface area contributed by atoms with E-state index in [0.717, 1.165) is 36.8 Å². The van der Waals surface area contributed by atoms with E-state index >= 15 is 0 Å². The molecule has 8 nitrogen and oxygen atoms in total. The summed E-state index contributed by atoms with van der Waals surface area (Å²) in [5.74, 6) is 3.35. The summed E-state index contributed by atoms with van der Waals surface area (Å²) in [5.41, 5.74) is 0.358. The average molecular weight is 410 g/mol. The Labute approximate surface area is 163 Å². The van der Waals surface area contributed by atoms with Crippen molar-refractivity contribution in [1.29, 1.82) is 0 Å². The molecule has 5 N–H and O–H groups in total. The monoisotopic (exact) mass is 410 g/mol.